The maximum atomic E-state index is 12.8. The number of rotatable bonds is 7. The van der Waals surface area contributed by atoms with Gasteiger partial charge in [-0.2, -0.15) is 0 Å². The van der Waals surface area contributed by atoms with Crippen LogP contribution in [0.25, 0.3) is 0 Å². The number of aromatic nitrogens is 1. The second kappa shape index (κ2) is 8.06. The third-order valence-electron chi connectivity index (χ3n) is 6.00. The summed E-state index contributed by atoms with van der Waals surface area (Å²) in [6, 6.07) is 6.20. The van der Waals surface area contributed by atoms with Crippen molar-refractivity contribution in [2.45, 2.75) is 52.3 Å². The van der Waals surface area contributed by atoms with Crippen molar-refractivity contribution < 1.29 is 18.8 Å². The minimum absolute atomic E-state index is 0.0740. The van der Waals surface area contributed by atoms with Crippen molar-refractivity contribution in [2.24, 2.45) is 5.92 Å². The second-order valence-electron chi connectivity index (χ2n) is 8.20. The number of methoxy groups -OCH3 is 1. The summed E-state index contributed by atoms with van der Waals surface area (Å²) in [5.74, 6) is 2.24. The van der Waals surface area contributed by atoms with Gasteiger partial charge in [-0.1, -0.05) is 12.1 Å². The zero-order valence-electron chi connectivity index (χ0n) is 17.5. The molecule has 1 aliphatic carbocycles. The highest BCUT2D eigenvalue weighted by Crippen LogP contribution is 2.32. The first-order valence-electron chi connectivity index (χ1n) is 10.2. The molecule has 0 bridgehead atoms. The average molecular weight is 399 g/mol. The summed E-state index contributed by atoms with van der Waals surface area (Å²) in [6.07, 6.45) is 2.58. The third kappa shape index (κ3) is 4.24. The molecule has 1 aromatic heterocycles. The smallest absolute Gasteiger partial charge is 0.251 e. The molecule has 4 rings (SSSR count). The van der Waals surface area contributed by atoms with Gasteiger partial charge in [0.25, 0.3) is 5.91 Å². The predicted octanol–water partition coefficient (Wildman–Crippen LogP) is 3.09. The summed E-state index contributed by atoms with van der Waals surface area (Å²) in [7, 11) is 1.58. The molecule has 1 saturated carbocycles. The molecule has 1 aliphatic heterocycles. The summed E-state index contributed by atoms with van der Waals surface area (Å²) >= 11 is 0. The summed E-state index contributed by atoms with van der Waals surface area (Å²) in [5, 5.41) is 7.14. The van der Waals surface area contributed by atoms with Crippen molar-refractivity contribution in [1.29, 1.82) is 0 Å². The van der Waals surface area contributed by atoms with Gasteiger partial charge in [0.2, 0.25) is 0 Å². The SMILES string of the molecule is COc1cc(C(=O)N[C@@H]2CN(C3CC3)C[C@@H]2C)ccc1OCc1c(C)noc1C. The van der Waals surface area contributed by atoms with Crippen molar-refractivity contribution >= 4 is 5.91 Å². The largest absolute Gasteiger partial charge is 0.493 e. The maximum Gasteiger partial charge on any atom is 0.251 e. The van der Waals surface area contributed by atoms with Crippen LogP contribution < -0.4 is 14.8 Å². The second-order valence-corrected chi connectivity index (χ2v) is 8.20. The van der Waals surface area contributed by atoms with E-state index in [4.69, 9.17) is 14.0 Å². The summed E-state index contributed by atoms with van der Waals surface area (Å²) < 4.78 is 16.5. The highest BCUT2D eigenvalue weighted by Gasteiger charge is 2.38. The molecule has 2 heterocycles. The highest BCUT2D eigenvalue weighted by molar-refractivity contribution is 5.95. The van der Waals surface area contributed by atoms with E-state index in [1.165, 1.54) is 12.8 Å². The van der Waals surface area contributed by atoms with E-state index in [2.05, 4.69) is 22.3 Å². The Morgan fingerprint density at radius 3 is 2.72 bits per heavy atom. The summed E-state index contributed by atoms with van der Waals surface area (Å²) in [4.78, 5) is 15.3. The van der Waals surface area contributed by atoms with E-state index in [9.17, 15) is 4.79 Å². The molecule has 7 nitrogen and oxygen atoms in total. The minimum Gasteiger partial charge on any atom is -0.493 e. The number of hydrogen-bond acceptors (Lipinski definition) is 6. The van der Waals surface area contributed by atoms with Crippen LogP contribution in [0.3, 0.4) is 0 Å². The van der Waals surface area contributed by atoms with E-state index in [0.29, 0.717) is 29.6 Å². The molecule has 1 aromatic carbocycles. The number of carbonyl (C=O) groups is 1. The molecule has 2 atom stereocenters. The van der Waals surface area contributed by atoms with E-state index >= 15 is 0 Å². The van der Waals surface area contributed by atoms with Crippen LogP contribution in [0.5, 0.6) is 11.5 Å². The van der Waals surface area contributed by atoms with Gasteiger partial charge in [0, 0.05) is 30.7 Å². The van der Waals surface area contributed by atoms with E-state index in [0.717, 1.165) is 36.1 Å². The van der Waals surface area contributed by atoms with Crippen LogP contribution in [0, 0.1) is 19.8 Å². The number of likely N-dealkylation sites (tertiary alicyclic amines) is 1. The summed E-state index contributed by atoms with van der Waals surface area (Å²) in [5.41, 5.74) is 2.30. The Morgan fingerprint density at radius 2 is 2.07 bits per heavy atom. The minimum atomic E-state index is -0.0740. The molecule has 1 N–H and O–H groups in total. The lowest BCUT2D eigenvalue weighted by atomic mass is 10.1. The van der Waals surface area contributed by atoms with E-state index in [1.54, 1.807) is 25.3 Å². The van der Waals surface area contributed by atoms with Gasteiger partial charge in [-0.05, 0) is 50.8 Å². The number of carbonyl (C=O) groups excluding carboxylic acids is 1. The zero-order chi connectivity index (χ0) is 20.5. The van der Waals surface area contributed by atoms with Crippen LogP contribution >= 0.6 is 0 Å². The Kier molecular flexibility index (Phi) is 5.50. The first kappa shape index (κ1) is 19.8. The van der Waals surface area contributed by atoms with Crippen LogP contribution in [0.2, 0.25) is 0 Å². The molecule has 0 unspecified atom stereocenters. The lowest BCUT2D eigenvalue weighted by Gasteiger charge is -2.18. The number of nitrogens with zero attached hydrogens (tertiary/aromatic N) is 2. The molecule has 2 aromatic rings. The van der Waals surface area contributed by atoms with Gasteiger partial charge in [-0.3, -0.25) is 9.69 Å². The monoisotopic (exact) mass is 399 g/mol. The molecule has 7 heteroatoms. The zero-order valence-corrected chi connectivity index (χ0v) is 17.5. The Bertz CT molecular complexity index is 871. The lowest BCUT2D eigenvalue weighted by Crippen LogP contribution is -2.40. The average Bonchev–Trinajstić information content (AvgIpc) is 3.43. The predicted molar refractivity (Wildman–Crippen MR) is 108 cm³/mol. The maximum absolute atomic E-state index is 12.8. The molecular weight excluding hydrogens is 370 g/mol. The Hall–Kier alpha value is -2.54. The molecule has 29 heavy (non-hydrogen) atoms. The van der Waals surface area contributed by atoms with Crippen LogP contribution in [0.15, 0.2) is 22.7 Å². The van der Waals surface area contributed by atoms with Gasteiger partial charge in [0.1, 0.15) is 12.4 Å². The van der Waals surface area contributed by atoms with Gasteiger partial charge in [0.05, 0.1) is 18.4 Å². The van der Waals surface area contributed by atoms with Crippen molar-refractivity contribution in [3.8, 4) is 11.5 Å². The van der Waals surface area contributed by atoms with Crippen molar-refractivity contribution in [3.05, 3.63) is 40.8 Å². The Morgan fingerprint density at radius 1 is 1.28 bits per heavy atom. The van der Waals surface area contributed by atoms with Gasteiger partial charge in [-0.25, -0.2) is 0 Å². The molecule has 2 aliphatic rings. The molecule has 0 radical (unpaired) electrons. The number of ether oxygens (including phenoxy) is 2. The van der Waals surface area contributed by atoms with Gasteiger partial charge < -0.3 is 19.3 Å². The van der Waals surface area contributed by atoms with E-state index in [-0.39, 0.29) is 11.9 Å². The molecular formula is C22H29N3O4. The normalized spacial score (nSPS) is 21.9. The fourth-order valence-corrected chi connectivity index (χ4v) is 3.97. The fraction of sp³-hybridized carbons (Fsp3) is 0.545. The lowest BCUT2D eigenvalue weighted by molar-refractivity contribution is 0.0931. The van der Waals surface area contributed by atoms with Crippen LogP contribution in [0.4, 0.5) is 0 Å². The third-order valence-corrected chi connectivity index (χ3v) is 6.00. The highest BCUT2D eigenvalue weighted by atomic mass is 16.5. The summed E-state index contributed by atoms with van der Waals surface area (Å²) in [6.45, 7) is 8.28. The van der Waals surface area contributed by atoms with Crippen LogP contribution in [-0.2, 0) is 6.61 Å². The molecule has 0 spiro atoms. The van der Waals surface area contributed by atoms with Crippen LogP contribution in [-0.4, -0.2) is 48.2 Å². The molecule has 2 fully saturated rings. The van der Waals surface area contributed by atoms with Crippen LogP contribution in [0.1, 0.15) is 47.1 Å². The van der Waals surface area contributed by atoms with Gasteiger partial charge in [-0.15, -0.1) is 0 Å². The fourth-order valence-electron chi connectivity index (χ4n) is 3.97. The van der Waals surface area contributed by atoms with Gasteiger partial charge >= 0.3 is 0 Å². The molecule has 1 saturated heterocycles. The number of nitrogens with one attached hydrogen (secondary N) is 1. The van der Waals surface area contributed by atoms with Gasteiger partial charge in [0.15, 0.2) is 11.5 Å². The molecule has 1 amide bonds. The van der Waals surface area contributed by atoms with Crippen molar-refractivity contribution in [2.75, 3.05) is 20.2 Å². The Labute approximate surface area is 171 Å². The number of hydrogen-bond donors (Lipinski definition) is 1. The van der Waals surface area contributed by atoms with E-state index < -0.39 is 0 Å². The molecule has 156 valence electrons. The van der Waals surface area contributed by atoms with Crippen molar-refractivity contribution in [3.63, 3.8) is 0 Å². The topological polar surface area (TPSA) is 76.8 Å². The Balaban J connectivity index is 1.41. The quantitative estimate of drug-likeness (QED) is 0.771. The first-order valence-corrected chi connectivity index (χ1v) is 10.2. The van der Waals surface area contributed by atoms with E-state index in [1.807, 2.05) is 13.8 Å². The first-order chi connectivity index (χ1) is 14.0. The number of benzene rings is 1. The standard InChI is InChI=1S/C22H29N3O4/c1-13-10-25(17-6-7-17)11-19(13)23-22(26)16-5-8-20(21(9-16)27-4)28-12-18-14(2)24-29-15(18)3/h5,8-9,13,17,19H,6-7,10-12H2,1-4H3,(H,23,26)/t13-,19+/m0/s1. The number of aryl methyl sites for hydroxylation is 2. The van der Waals surface area contributed by atoms with Crippen molar-refractivity contribution in [1.82, 2.24) is 15.4 Å². The number of amides is 1.